The lowest BCUT2D eigenvalue weighted by Crippen LogP contribution is -2.47. The fraction of sp³-hybridized carbons (Fsp3) is 0.500. The first-order chi connectivity index (χ1) is 11.6. The third kappa shape index (κ3) is 6.05. The van der Waals surface area contributed by atoms with E-state index in [2.05, 4.69) is 5.32 Å². The van der Waals surface area contributed by atoms with Crippen LogP contribution in [0.2, 0.25) is 5.02 Å². The van der Waals surface area contributed by atoms with E-state index in [1.807, 2.05) is 0 Å². The van der Waals surface area contributed by atoms with Gasteiger partial charge in [0.15, 0.2) is 0 Å². The number of carbonyl (C=O) groups is 3. The van der Waals surface area contributed by atoms with Crippen molar-refractivity contribution in [3.63, 3.8) is 0 Å². The first kappa shape index (κ1) is 19.2. The Labute approximate surface area is 152 Å². The van der Waals surface area contributed by atoms with Gasteiger partial charge in [0.2, 0.25) is 11.8 Å². The molecule has 2 amide bonds. The monoisotopic (exact) mass is 366 g/mol. The number of hydrogen-bond acceptors (Lipinski definition) is 4. The second-order valence-electron chi connectivity index (χ2n) is 7.10. The van der Waals surface area contributed by atoms with Gasteiger partial charge in [0.1, 0.15) is 12.1 Å². The number of rotatable bonds is 4. The Morgan fingerprint density at radius 2 is 2.08 bits per heavy atom. The van der Waals surface area contributed by atoms with E-state index in [1.165, 1.54) is 4.90 Å². The maximum absolute atomic E-state index is 12.4. The van der Waals surface area contributed by atoms with Gasteiger partial charge < -0.3 is 15.0 Å². The normalized spacial score (nSPS) is 18.0. The largest absolute Gasteiger partial charge is 0.459 e. The van der Waals surface area contributed by atoms with E-state index in [0.717, 1.165) is 0 Å². The number of halogens is 1. The van der Waals surface area contributed by atoms with Crippen LogP contribution in [0.3, 0.4) is 0 Å². The fourth-order valence-corrected chi connectivity index (χ4v) is 2.81. The third-order valence-electron chi connectivity index (χ3n) is 3.70. The van der Waals surface area contributed by atoms with Gasteiger partial charge in [0.05, 0.1) is 5.92 Å². The lowest BCUT2D eigenvalue weighted by Gasteiger charge is -2.32. The number of piperidine rings is 1. The molecule has 1 atom stereocenters. The van der Waals surface area contributed by atoms with Crippen LogP contribution in [0.4, 0.5) is 5.69 Å². The molecule has 1 fully saturated rings. The quantitative estimate of drug-likeness (QED) is 0.831. The minimum absolute atomic E-state index is 0.141. The van der Waals surface area contributed by atoms with Crippen molar-refractivity contribution >= 4 is 35.1 Å². The summed E-state index contributed by atoms with van der Waals surface area (Å²) < 4.78 is 5.25. The Hall–Kier alpha value is -2.08. The van der Waals surface area contributed by atoms with Crippen molar-refractivity contribution in [2.45, 2.75) is 39.2 Å². The highest BCUT2D eigenvalue weighted by molar-refractivity contribution is 6.30. The van der Waals surface area contributed by atoms with Crippen LogP contribution in [0.15, 0.2) is 24.3 Å². The highest BCUT2D eigenvalue weighted by atomic mass is 35.5. The summed E-state index contributed by atoms with van der Waals surface area (Å²) in [6.07, 6.45) is 0.687. The minimum Gasteiger partial charge on any atom is -0.459 e. The lowest BCUT2D eigenvalue weighted by molar-refractivity contribution is -0.160. The molecular weight excluding hydrogens is 344 g/mol. The average molecular weight is 367 g/mol. The first-order valence-electron chi connectivity index (χ1n) is 8.20. The molecule has 1 aliphatic heterocycles. The van der Waals surface area contributed by atoms with Crippen molar-refractivity contribution < 1.29 is 19.1 Å². The zero-order valence-corrected chi connectivity index (χ0v) is 15.4. The molecule has 25 heavy (non-hydrogen) atoms. The number of nitrogens with zero attached hydrogens (tertiary/aromatic N) is 1. The molecule has 1 heterocycles. The van der Waals surface area contributed by atoms with Crippen LogP contribution in [0.25, 0.3) is 0 Å². The lowest BCUT2D eigenvalue weighted by atomic mass is 9.96. The number of ether oxygens (including phenoxy) is 1. The van der Waals surface area contributed by atoms with E-state index in [0.29, 0.717) is 17.1 Å². The van der Waals surface area contributed by atoms with Crippen LogP contribution in [0, 0.1) is 5.92 Å². The smallest absolute Gasteiger partial charge is 0.326 e. The molecule has 0 saturated carbocycles. The minimum atomic E-state index is -0.612. The second-order valence-corrected chi connectivity index (χ2v) is 7.53. The van der Waals surface area contributed by atoms with Gasteiger partial charge in [-0.3, -0.25) is 14.4 Å². The van der Waals surface area contributed by atoms with Crippen molar-refractivity contribution in [1.82, 2.24) is 4.90 Å². The Kier molecular flexibility index (Phi) is 6.06. The number of esters is 1. The molecule has 1 N–H and O–H groups in total. The molecule has 136 valence electrons. The van der Waals surface area contributed by atoms with Crippen LogP contribution in [-0.4, -0.2) is 41.4 Å². The molecule has 0 bridgehead atoms. The number of likely N-dealkylation sites (tertiary alicyclic amines) is 1. The predicted molar refractivity (Wildman–Crippen MR) is 95.2 cm³/mol. The molecule has 0 radical (unpaired) electrons. The number of carbonyl (C=O) groups excluding carboxylic acids is 3. The van der Waals surface area contributed by atoms with E-state index in [9.17, 15) is 14.4 Å². The van der Waals surface area contributed by atoms with Gasteiger partial charge in [0, 0.05) is 23.7 Å². The fourth-order valence-electron chi connectivity index (χ4n) is 2.62. The Balaban J connectivity index is 1.95. The molecule has 1 saturated heterocycles. The molecule has 1 aromatic carbocycles. The Bertz CT molecular complexity index is 669. The van der Waals surface area contributed by atoms with E-state index in [-0.39, 0.29) is 37.2 Å². The van der Waals surface area contributed by atoms with Crippen molar-refractivity contribution in [1.29, 1.82) is 0 Å². The van der Waals surface area contributed by atoms with Crippen LogP contribution in [-0.2, 0) is 19.1 Å². The van der Waals surface area contributed by atoms with Crippen molar-refractivity contribution in [2.75, 3.05) is 18.4 Å². The van der Waals surface area contributed by atoms with Gasteiger partial charge in [-0.1, -0.05) is 17.7 Å². The van der Waals surface area contributed by atoms with Crippen LogP contribution < -0.4 is 5.32 Å². The van der Waals surface area contributed by atoms with Gasteiger partial charge in [-0.05, 0) is 45.4 Å². The topological polar surface area (TPSA) is 75.7 Å². The summed E-state index contributed by atoms with van der Waals surface area (Å²) in [5.74, 6) is -1.18. The van der Waals surface area contributed by atoms with Gasteiger partial charge in [-0.15, -0.1) is 0 Å². The van der Waals surface area contributed by atoms with E-state index >= 15 is 0 Å². The number of amides is 2. The first-order valence-corrected chi connectivity index (χ1v) is 8.58. The zero-order valence-electron chi connectivity index (χ0n) is 14.7. The third-order valence-corrected chi connectivity index (χ3v) is 3.94. The standard InChI is InChI=1S/C18H23ClN2O4/c1-18(2,3)25-16(23)11-21-10-12(7-8-15(21)22)17(24)20-14-6-4-5-13(19)9-14/h4-6,9,12H,7-8,10-11H2,1-3H3,(H,20,24). The van der Waals surface area contributed by atoms with Crippen molar-refractivity contribution in [2.24, 2.45) is 5.92 Å². The SMILES string of the molecule is CC(C)(C)OC(=O)CN1CC(C(=O)Nc2cccc(Cl)c2)CCC1=O. The molecule has 1 unspecified atom stereocenters. The van der Waals surface area contributed by atoms with Crippen molar-refractivity contribution in [3.8, 4) is 0 Å². The summed E-state index contributed by atoms with van der Waals surface area (Å²) >= 11 is 5.91. The molecule has 2 rings (SSSR count). The zero-order chi connectivity index (χ0) is 18.6. The average Bonchev–Trinajstić information content (AvgIpc) is 2.47. The summed E-state index contributed by atoms with van der Waals surface area (Å²) in [6.45, 7) is 5.36. The van der Waals surface area contributed by atoms with Crippen LogP contribution in [0.1, 0.15) is 33.6 Å². The van der Waals surface area contributed by atoms with Crippen molar-refractivity contribution in [3.05, 3.63) is 29.3 Å². The predicted octanol–water partition coefficient (Wildman–Crippen LogP) is 2.86. The summed E-state index contributed by atoms with van der Waals surface area (Å²) in [6, 6.07) is 6.87. The molecule has 7 heteroatoms. The number of benzene rings is 1. The Morgan fingerprint density at radius 1 is 1.36 bits per heavy atom. The number of anilines is 1. The molecule has 0 spiro atoms. The molecule has 1 aliphatic rings. The molecular formula is C18H23ClN2O4. The van der Waals surface area contributed by atoms with E-state index < -0.39 is 11.6 Å². The number of nitrogens with one attached hydrogen (secondary N) is 1. The summed E-state index contributed by atoms with van der Waals surface area (Å²) in [5, 5.41) is 3.33. The van der Waals surface area contributed by atoms with E-state index in [1.54, 1.807) is 45.0 Å². The second kappa shape index (κ2) is 7.87. The van der Waals surface area contributed by atoms with Gasteiger partial charge in [0.25, 0.3) is 0 Å². The Morgan fingerprint density at radius 3 is 2.72 bits per heavy atom. The number of hydrogen-bond donors (Lipinski definition) is 1. The highest BCUT2D eigenvalue weighted by Gasteiger charge is 2.32. The van der Waals surface area contributed by atoms with Gasteiger partial charge in [-0.2, -0.15) is 0 Å². The summed E-state index contributed by atoms with van der Waals surface area (Å²) in [7, 11) is 0. The van der Waals surface area contributed by atoms with Gasteiger partial charge in [-0.25, -0.2) is 0 Å². The maximum Gasteiger partial charge on any atom is 0.326 e. The molecule has 0 aliphatic carbocycles. The van der Waals surface area contributed by atoms with Gasteiger partial charge >= 0.3 is 5.97 Å². The summed E-state index contributed by atoms with van der Waals surface area (Å²) in [4.78, 5) is 37.8. The van der Waals surface area contributed by atoms with E-state index in [4.69, 9.17) is 16.3 Å². The van der Waals surface area contributed by atoms with Crippen LogP contribution in [0.5, 0.6) is 0 Å². The molecule has 0 aromatic heterocycles. The molecule has 1 aromatic rings. The maximum atomic E-state index is 12.4. The summed E-state index contributed by atoms with van der Waals surface area (Å²) in [5.41, 5.74) is -0.00712. The highest BCUT2D eigenvalue weighted by Crippen LogP contribution is 2.21. The van der Waals surface area contributed by atoms with Crippen LogP contribution >= 0.6 is 11.6 Å². The molecule has 6 nitrogen and oxygen atoms in total.